The fourth-order valence-corrected chi connectivity index (χ4v) is 2.91. The third kappa shape index (κ3) is 4.00. The van der Waals surface area contributed by atoms with Gasteiger partial charge < -0.3 is 23.7 Å². The fraction of sp³-hybridized carbons (Fsp3) is 0.158. The maximum absolute atomic E-state index is 10.1. The fourth-order valence-electron chi connectivity index (χ4n) is 2.45. The van der Waals surface area contributed by atoms with Crippen LogP contribution in [0.25, 0.3) is 11.5 Å². The molecule has 1 N–H and O–H groups in total. The Morgan fingerprint density at radius 2 is 1.71 bits per heavy atom. The average Bonchev–Trinajstić information content (AvgIpc) is 3.06. The molecular weight excluding hydrogens is 407 g/mol. The predicted molar refractivity (Wildman–Crippen MR) is 107 cm³/mol. The van der Waals surface area contributed by atoms with E-state index in [2.05, 4.69) is 9.98 Å². The van der Waals surface area contributed by atoms with Crippen molar-refractivity contribution in [1.82, 2.24) is 4.98 Å². The molecule has 0 fully saturated rings. The summed E-state index contributed by atoms with van der Waals surface area (Å²) in [5, 5.41) is 10.9. The average molecular weight is 423 g/mol. The molecule has 0 unspecified atom stereocenters. The van der Waals surface area contributed by atoms with Crippen molar-refractivity contribution in [3.63, 3.8) is 0 Å². The first-order valence-electron chi connectivity index (χ1n) is 7.96. The molecule has 3 aromatic rings. The van der Waals surface area contributed by atoms with Gasteiger partial charge in [0.2, 0.25) is 11.6 Å². The smallest absolute Gasteiger partial charge is 0.312 e. The molecule has 0 amide bonds. The molecule has 0 aliphatic heterocycles. The number of nitrogens with zero attached hydrogens (tertiary/aromatic N) is 2. The monoisotopic (exact) mass is 422 g/mol. The third-order valence-corrected chi connectivity index (χ3v) is 4.32. The van der Waals surface area contributed by atoms with E-state index in [-0.39, 0.29) is 11.6 Å². The Kier molecular flexibility index (Phi) is 5.96. The van der Waals surface area contributed by atoms with E-state index >= 15 is 0 Å². The highest BCUT2D eigenvalue weighted by Crippen LogP contribution is 2.41. The molecule has 3 rings (SSSR count). The van der Waals surface area contributed by atoms with Crippen molar-refractivity contribution in [2.24, 2.45) is 4.99 Å². The summed E-state index contributed by atoms with van der Waals surface area (Å²) in [6, 6.07) is 8.19. The molecule has 146 valence electrons. The van der Waals surface area contributed by atoms with Gasteiger partial charge in [-0.3, -0.25) is 4.99 Å². The van der Waals surface area contributed by atoms with E-state index in [1.807, 2.05) is 0 Å². The zero-order valence-corrected chi connectivity index (χ0v) is 16.7. The Bertz CT molecular complexity index is 1010. The quantitative estimate of drug-likeness (QED) is 0.554. The normalized spacial score (nSPS) is 11.0. The molecule has 0 aliphatic carbocycles. The van der Waals surface area contributed by atoms with Gasteiger partial charge in [-0.05, 0) is 30.3 Å². The lowest BCUT2D eigenvalue weighted by atomic mass is 10.2. The number of rotatable bonds is 6. The molecule has 0 aliphatic rings. The van der Waals surface area contributed by atoms with Gasteiger partial charge in [-0.15, -0.1) is 0 Å². The van der Waals surface area contributed by atoms with Gasteiger partial charge in [0.25, 0.3) is 0 Å². The van der Waals surface area contributed by atoms with Crippen LogP contribution in [0.5, 0.6) is 23.2 Å². The number of hydrogen-bond acceptors (Lipinski definition) is 7. The first-order valence-corrected chi connectivity index (χ1v) is 8.71. The van der Waals surface area contributed by atoms with Gasteiger partial charge in [-0.1, -0.05) is 23.2 Å². The topological polar surface area (TPSA) is 86.3 Å². The molecule has 0 bridgehead atoms. The summed E-state index contributed by atoms with van der Waals surface area (Å²) in [5.74, 6) is 1.05. The molecule has 0 atom stereocenters. The highest BCUT2D eigenvalue weighted by Gasteiger charge is 2.19. The Morgan fingerprint density at radius 3 is 2.29 bits per heavy atom. The summed E-state index contributed by atoms with van der Waals surface area (Å²) in [4.78, 5) is 8.47. The number of aromatic nitrogens is 1. The summed E-state index contributed by atoms with van der Waals surface area (Å²) in [5.41, 5.74) is 1.13. The van der Waals surface area contributed by atoms with Crippen LogP contribution >= 0.6 is 23.2 Å². The van der Waals surface area contributed by atoms with Crippen molar-refractivity contribution in [2.75, 3.05) is 21.3 Å². The number of methoxy groups -OCH3 is 3. The minimum atomic E-state index is -0.391. The molecule has 28 heavy (non-hydrogen) atoms. The summed E-state index contributed by atoms with van der Waals surface area (Å²) < 4.78 is 21.3. The largest absolute Gasteiger partial charge is 0.493 e. The molecule has 0 saturated heterocycles. The minimum Gasteiger partial charge on any atom is -0.493 e. The van der Waals surface area contributed by atoms with Gasteiger partial charge in [0, 0.05) is 10.6 Å². The van der Waals surface area contributed by atoms with Gasteiger partial charge in [-0.2, -0.15) is 0 Å². The summed E-state index contributed by atoms with van der Waals surface area (Å²) in [7, 11) is 4.51. The first-order chi connectivity index (χ1) is 13.5. The Labute approximate surface area is 171 Å². The van der Waals surface area contributed by atoms with E-state index in [0.29, 0.717) is 38.5 Å². The van der Waals surface area contributed by atoms with Crippen LogP contribution in [0, 0.1) is 0 Å². The zero-order chi connectivity index (χ0) is 20.3. The van der Waals surface area contributed by atoms with Crippen LogP contribution < -0.4 is 14.2 Å². The molecule has 1 heterocycles. The Morgan fingerprint density at radius 1 is 1.04 bits per heavy atom. The van der Waals surface area contributed by atoms with E-state index in [4.69, 9.17) is 41.8 Å². The molecular formula is C19H16Cl2N2O5. The number of ether oxygens (including phenoxy) is 3. The zero-order valence-electron chi connectivity index (χ0n) is 15.2. The lowest BCUT2D eigenvalue weighted by molar-refractivity contribution is 0.323. The summed E-state index contributed by atoms with van der Waals surface area (Å²) in [6.07, 6.45) is 1.34. The minimum absolute atomic E-state index is 0.134. The maximum Gasteiger partial charge on any atom is 0.312 e. The lowest BCUT2D eigenvalue weighted by Crippen LogP contribution is -1.95. The second-order valence-corrected chi connectivity index (χ2v) is 6.32. The number of oxazole rings is 1. The Hall–Kier alpha value is -2.90. The van der Waals surface area contributed by atoms with Crippen molar-refractivity contribution >= 4 is 35.1 Å². The molecule has 7 nitrogen and oxygen atoms in total. The van der Waals surface area contributed by atoms with Crippen LogP contribution in [-0.2, 0) is 0 Å². The number of benzene rings is 2. The highest BCUT2D eigenvalue weighted by atomic mass is 35.5. The number of aliphatic imine (C=N–C) groups is 1. The molecule has 0 radical (unpaired) electrons. The van der Waals surface area contributed by atoms with Gasteiger partial charge in [0.1, 0.15) is 0 Å². The molecule has 0 saturated carbocycles. The van der Waals surface area contributed by atoms with E-state index in [1.54, 1.807) is 30.3 Å². The van der Waals surface area contributed by atoms with Gasteiger partial charge >= 0.3 is 5.95 Å². The van der Waals surface area contributed by atoms with Crippen LogP contribution in [0.1, 0.15) is 5.69 Å². The van der Waals surface area contributed by atoms with Crippen LogP contribution in [-0.4, -0.2) is 37.6 Å². The molecule has 1 aromatic heterocycles. The maximum atomic E-state index is 10.1. The molecule has 9 heteroatoms. The van der Waals surface area contributed by atoms with E-state index in [9.17, 15) is 5.11 Å². The summed E-state index contributed by atoms with van der Waals surface area (Å²) >= 11 is 12.0. The number of hydrogen-bond donors (Lipinski definition) is 1. The first kappa shape index (κ1) is 19.9. The second-order valence-electron chi connectivity index (χ2n) is 5.48. The van der Waals surface area contributed by atoms with Gasteiger partial charge in [0.15, 0.2) is 17.2 Å². The SMILES string of the molecule is COc1cc(-c2nc(C=Nc3ccc(Cl)cc3Cl)c(O)o2)cc(OC)c1OC. The van der Waals surface area contributed by atoms with Crippen LogP contribution in [0.15, 0.2) is 39.7 Å². The van der Waals surface area contributed by atoms with Crippen molar-refractivity contribution in [3.8, 4) is 34.6 Å². The van der Waals surface area contributed by atoms with E-state index in [1.165, 1.54) is 27.5 Å². The highest BCUT2D eigenvalue weighted by molar-refractivity contribution is 6.36. The van der Waals surface area contributed by atoms with Crippen molar-refractivity contribution in [3.05, 3.63) is 46.1 Å². The van der Waals surface area contributed by atoms with Crippen molar-refractivity contribution in [2.45, 2.75) is 0 Å². The standard InChI is InChI=1S/C19H16Cl2N2O5/c1-25-15-6-10(7-16(26-2)17(15)27-3)18-23-14(19(24)28-18)9-22-13-5-4-11(20)8-12(13)21/h4-9,24H,1-3H3. The summed E-state index contributed by atoms with van der Waals surface area (Å²) in [6.45, 7) is 0. The van der Waals surface area contributed by atoms with Crippen molar-refractivity contribution in [1.29, 1.82) is 0 Å². The van der Waals surface area contributed by atoms with E-state index in [0.717, 1.165) is 0 Å². The van der Waals surface area contributed by atoms with Crippen LogP contribution in [0.2, 0.25) is 10.0 Å². The molecule has 0 spiro atoms. The lowest BCUT2D eigenvalue weighted by Gasteiger charge is -2.12. The third-order valence-electron chi connectivity index (χ3n) is 3.78. The van der Waals surface area contributed by atoms with Gasteiger partial charge in [-0.25, -0.2) is 4.98 Å². The van der Waals surface area contributed by atoms with E-state index < -0.39 is 5.95 Å². The Balaban J connectivity index is 1.97. The van der Waals surface area contributed by atoms with Crippen LogP contribution in [0.4, 0.5) is 5.69 Å². The predicted octanol–water partition coefficient (Wildman–Crippen LogP) is 5.13. The second kappa shape index (κ2) is 8.41. The van der Waals surface area contributed by atoms with Gasteiger partial charge in [0.05, 0.1) is 38.3 Å². The number of halogens is 2. The number of aromatic hydroxyl groups is 1. The van der Waals surface area contributed by atoms with Crippen molar-refractivity contribution < 1.29 is 23.7 Å². The van der Waals surface area contributed by atoms with Crippen LogP contribution in [0.3, 0.4) is 0 Å². The molecule has 2 aromatic carbocycles.